The molecule has 1 unspecified atom stereocenters. The molecular weight excluding hydrogens is 309 g/mol. The van der Waals surface area contributed by atoms with Crippen LogP contribution in [0.2, 0.25) is 0 Å². The lowest BCUT2D eigenvalue weighted by atomic mass is 10.1. The highest BCUT2D eigenvalue weighted by atomic mass is 19.1. The number of nitriles is 1. The topological polar surface area (TPSA) is 56.6 Å². The third-order valence-corrected chi connectivity index (χ3v) is 3.92. The van der Waals surface area contributed by atoms with Crippen LogP contribution >= 0.6 is 0 Å². The second kappa shape index (κ2) is 7.18. The Bertz CT molecular complexity index is 649. The standard InChI is InChI=1S/C18H24FN3O2/c1-13-11-21(7-8-22(13)17(23)24-18(2,3)4)12-15-9-16(19)6-5-14(15)10-20/h5-6,9,13H,7-8,11-12H2,1-4H3. The average molecular weight is 333 g/mol. The van der Waals surface area contributed by atoms with Gasteiger partial charge in [-0.25, -0.2) is 9.18 Å². The molecule has 1 aliphatic rings. The monoisotopic (exact) mass is 333 g/mol. The van der Waals surface area contributed by atoms with Gasteiger partial charge in [-0.15, -0.1) is 0 Å². The van der Waals surface area contributed by atoms with Crippen LogP contribution in [0.1, 0.15) is 38.8 Å². The van der Waals surface area contributed by atoms with E-state index in [4.69, 9.17) is 10.00 Å². The largest absolute Gasteiger partial charge is 0.444 e. The molecular formula is C18H24FN3O2. The number of carbonyl (C=O) groups is 1. The quantitative estimate of drug-likeness (QED) is 0.834. The summed E-state index contributed by atoms with van der Waals surface area (Å²) in [5, 5.41) is 9.15. The van der Waals surface area contributed by atoms with Crippen molar-refractivity contribution >= 4 is 6.09 Å². The minimum Gasteiger partial charge on any atom is -0.444 e. The SMILES string of the molecule is CC1CN(Cc2cc(F)ccc2C#N)CCN1C(=O)OC(C)(C)C. The van der Waals surface area contributed by atoms with Crippen LogP contribution in [0.4, 0.5) is 9.18 Å². The summed E-state index contributed by atoms with van der Waals surface area (Å²) in [7, 11) is 0. The fourth-order valence-corrected chi connectivity index (χ4v) is 2.81. The van der Waals surface area contributed by atoms with E-state index in [1.165, 1.54) is 18.2 Å². The lowest BCUT2D eigenvalue weighted by Gasteiger charge is -2.40. The summed E-state index contributed by atoms with van der Waals surface area (Å²) < 4.78 is 18.9. The van der Waals surface area contributed by atoms with Crippen molar-refractivity contribution in [2.75, 3.05) is 19.6 Å². The van der Waals surface area contributed by atoms with Gasteiger partial charge in [0.15, 0.2) is 0 Å². The maximum atomic E-state index is 13.4. The Labute approximate surface area is 142 Å². The zero-order chi connectivity index (χ0) is 17.9. The number of nitrogens with zero attached hydrogens (tertiary/aromatic N) is 3. The third kappa shape index (κ3) is 4.68. The maximum Gasteiger partial charge on any atom is 0.410 e. The minimum atomic E-state index is -0.517. The lowest BCUT2D eigenvalue weighted by Crippen LogP contribution is -2.54. The first kappa shape index (κ1) is 18.2. The van der Waals surface area contributed by atoms with Crippen LogP contribution in [0.25, 0.3) is 0 Å². The zero-order valence-corrected chi connectivity index (χ0v) is 14.7. The van der Waals surface area contributed by atoms with Crippen LogP contribution in [-0.2, 0) is 11.3 Å². The van der Waals surface area contributed by atoms with Crippen LogP contribution < -0.4 is 0 Å². The van der Waals surface area contributed by atoms with Crippen molar-refractivity contribution in [3.8, 4) is 6.07 Å². The number of halogens is 1. The predicted molar refractivity (Wildman–Crippen MR) is 88.8 cm³/mol. The van der Waals surface area contributed by atoms with Gasteiger partial charge in [-0.1, -0.05) is 0 Å². The molecule has 0 aromatic heterocycles. The third-order valence-electron chi connectivity index (χ3n) is 3.92. The summed E-state index contributed by atoms with van der Waals surface area (Å²) in [5.74, 6) is -0.343. The fourth-order valence-electron chi connectivity index (χ4n) is 2.81. The van der Waals surface area contributed by atoms with Crippen molar-refractivity contribution in [3.63, 3.8) is 0 Å². The van der Waals surface area contributed by atoms with E-state index >= 15 is 0 Å². The number of benzene rings is 1. The Morgan fingerprint density at radius 2 is 2.12 bits per heavy atom. The average Bonchev–Trinajstić information content (AvgIpc) is 2.45. The molecule has 1 aliphatic heterocycles. The van der Waals surface area contributed by atoms with Crippen LogP contribution in [0, 0.1) is 17.1 Å². The Morgan fingerprint density at radius 1 is 1.42 bits per heavy atom. The zero-order valence-electron chi connectivity index (χ0n) is 14.7. The molecule has 1 aromatic carbocycles. The summed E-state index contributed by atoms with van der Waals surface area (Å²) in [5.41, 5.74) is 0.644. The van der Waals surface area contributed by atoms with Crippen LogP contribution in [0.5, 0.6) is 0 Å². The summed E-state index contributed by atoms with van der Waals surface area (Å²) in [6, 6.07) is 6.30. The van der Waals surface area contributed by atoms with E-state index in [2.05, 4.69) is 11.0 Å². The summed E-state index contributed by atoms with van der Waals surface area (Å²) in [4.78, 5) is 16.1. The molecule has 5 nitrogen and oxygen atoms in total. The predicted octanol–water partition coefficient (Wildman–Crippen LogP) is 3.14. The highest BCUT2D eigenvalue weighted by Crippen LogP contribution is 2.19. The number of ether oxygens (including phenoxy) is 1. The van der Waals surface area contributed by atoms with Crippen LogP contribution in [-0.4, -0.2) is 47.2 Å². The fraction of sp³-hybridized carbons (Fsp3) is 0.556. The number of hydrogen-bond acceptors (Lipinski definition) is 4. The number of amides is 1. The van der Waals surface area contributed by atoms with Gasteiger partial charge in [0.1, 0.15) is 11.4 Å². The van der Waals surface area contributed by atoms with E-state index in [0.717, 1.165) is 0 Å². The van der Waals surface area contributed by atoms with E-state index in [0.29, 0.717) is 37.3 Å². The number of rotatable bonds is 2. The highest BCUT2D eigenvalue weighted by Gasteiger charge is 2.30. The van der Waals surface area contributed by atoms with Crippen molar-refractivity contribution in [3.05, 3.63) is 35.1 Å². The van der Waals surface area contributed by atoms with Crippen molar-refractivity contribution in [1.82, 2.24) is 9.80 Å². The summed E-state index contributed by atoms with van der Waals surface area (Å²) in [6.45, 7) is 9.86. The molecule has 1 heterocycles. The second-order valence-corrected chi connectivity index (χ2v) is 7.17. The molecule has 6 heteroatoms. The molecule has 0 spiro atoms. The molecule has 0 aliphatic carbocycles. The van der Waals surface area contributed by atoms with E-state index in [1.54, 1.807) is 4.90 Å². The molecule has 1 aromatic rings. The van der Waals surface area contributed by atoms with Crippen LogP contribution in [0.3, 0.4) is 0 Å². The van der Waals surface area contributed by atoms with Gasteiger partial charge >= 0.3 is 6.09 Å². The molecule has 1 saturated heterocycles. The summed E-state index contributed by atoms with van der Waals surface area (Å²) >= 11 is 0. The molecule has 1 atom stereocenters. The molecule has 0 N–H and O–H groups in total. The highest BCUT2D eigenvalue weighted by molar-refractivity contribution is 5.68. The number of hydrogen-bond donors (Lipinski definition) is 0. The first-order valence-electron chi connectivity index (χ1n) is 8.10. The number of carbonyl (C=O) groups excluding carboxylic acids is 1. The van der Waals surface area contributed by atoms with Gasteiger partial charge in [0.2, 0.25) is 0 Å². The molecule has 0 saturated carbocycles. The van der Waals surface area contributed by atoms with Crippen molar-refractivity contribution in [1.29, 1.82) is 5.26 Å². The first-order chi connectivity index (χ1) is 11.2. The maximum absolute atomic E-state index is 13.4. The van der Waals surface area contributed by atoms with E-state index in [-0.39, 0.29) is 18.0 Å². The molecule has 1 amide bonds. The van der Waals surface area contributed by atoms with E-state index < -0.39 is 5.60 Å². The van der Waals surface area contributed by atoms with Crippen molar-refractivity contribution < 1.29 is 13.9 Å². The van der Waals surface area contributed by atoms with Gasteiger partial charge in [0, 0.05) is 32.2 Å². The Balaban J connectivity index is 2.00. The molecule has 24 heavy (non-hydrogen) atoms. The van der Waals surface area contributed by atoms with Gasteiger partial charge < -0.3 is 9.64 Å². The lowest BCUT2D eigenvalue weighted by molar-refractivity contribution is 0.000548. The molecule has 1 fully saturated rings. The van der Waals surface area contributed by atoms with Gasteiger partial charge in [-0.2, -0.15) is 5.26 Å². The van der Waals surface area contributed by atoms with Gasteiger partial charge in [0.25, 0.3) is 0 Å². The summed E-state index contributed by atoms with van der Waals surface area (Å²) in [6.07, 6.45) is -0.307. The molecule has 0 bridgehead atoms. The second-order valence-electron chi connectivity index (χ2n) is 7.17. The van der Waals surface area contributed by atoms with Crippen molar-refractivity contribution in [2.45, 2.75) is 45.9 Å². The van der Waals surface area contributed by atoms with Crippen molar-refractivity contribution in [2.24, 2.45) is 0 Å². The van der Waals surface area contributed by atoms with Gasteiger partial charge in [-0.3, -0.25) is 4.90 Å². The molecule has 130 valence electrons. The normalized spacial score (nSPS) is 19.0. The van der Waals surface area contributed by atoms with Gasteiger partial charge in [0.05, 0.1) is 11.6 Å². The van der Waals surface area contributed by atoms with E-state index in [1.807, 2.05) is 27.7 Å². The minimum absolute atomic E-state index is 0.00676. The molecule has 0 radical (unpaired) electrons. The molecule has 2 rings (SSSR count). The first-order valence-corrected chi connectivity index (χ1v) is 8.10. The Hall–Kier alpha value is -2.13. The number of piperazine rings is 1. The smallest absolute Gasteiger partial charge is 0.410 e. The Kier molecular flexibility index (Phi) is 5.45. The van der Waals surface area contributed by atoms with E-state index in [9.17, 15) is 9.18 Å². The van der Waals surface area contributed by atoms with Crippen LogP contribution in [0.15, 0.2) is 18.2 Å². The van der Waals surface area contributed by atoms with Gasteiger partial charge in [-0.05, 0) is 51.5 Å². The Morgan fingerprint density at radius 3 is 2.71 bits per heavy atom.